The number of unbranched alkanes of at least 4 members (excludes halogenated alkanes) is 4. The van der Waals surface area contributed by atoms with Gasteiger partial charge in [0.05, 0.1) is 19.2 Å². The van der Waals surface area contributed by atoms with Gasteiger partial charge in [-0.05, 0) is 70.1 Å². The Hall–Kier alpha value is -4.42. The Kier molecular flexibility index (Phi) is 15.6. The van der Waals surface area contributed by atoms with Crippen LogP contribution in [0.3, 0.4) is 0 Å². The smallest absolute Gasteiger partial charge is 0.348 e. The third kappa shape index (κ3) is 10.8. The molecule has 7 rings (SSSR count). The SMILES string of the molecule is CCCCCC1(CCCCC)OC2C3CC4(C(=O)N5CCCC5C(=O)NC(CO)CCC(=O)OC(C)(C)C)C(ON(Cc5ccccc5C=CC(=O)OC5C(=O)OCC5(C)C)C4C(=O)O3)C2O1. The molecule has 6 aliphatic rings. The second kappa shape index (κ2) is 20.7. The molecule has 0 spiro atoms. The molecule has 9 unspecified atom stereocenters. The third-order valence-corrected chi connectivity index (χ3v) is 14.0. The van der Waals surface area contributed by atoms with E-state index in [1.165, 1.54) is 16.0 Å². The molecule has 1 aliphatic carbocycles. The molecular weight excluding hydrogens is 867 g/mol. The molecule has 2 bridgehead atoms. The molecule has 5 saturated heterocycles. The lowest BCUT2D eigenvalue weighted by Crippen LogP contribution is -2.70. The molecule has 0 radical (unpaired) electrons. The number of cyclic esters (lactones) is 1. The van der Waals surface area contributed by atoms with Crippen molar-refractivity contribution in [1.82, 2.24) is 15.3 Å². The van der Waals surface area contributed by atoms with Gasteiger partial charge < -0.3 is 43.7 Å². The van der Waals surface area contributed by atoms with Gasteiger partial charge in [0.15, 0.2) is 11.8 Å². The topological polar surface area (TPSA) is 206 Å². The number of nitrogens with one attached hydrogen (secondary N) is 1. The van der Waals surface area contributed by atoms with Crippen LogP contribution in [-0.2, 0) is 68.6 Å². The number of carbonyl (C=O) groups excluding carboxylic acids is 6. The molecule has 17 heteroatoms. The first-order valence-corrected chi connectivity index (χ1v) is 24.4. The van der Waals surface area contributed by atoms with Gasteiger partial charge in [-0.2, -0.15) is 5.06 Å². The average molecular weight is 938 g/mol. The summed E-state index contributed by atoms with van der Waals surface area (Å²) in [4.78, 5) is 90.9. The standard InChI is InChI=1S/C50H71N3O14/c1-8-10-14-24-49(25-15-11-9-2)65-38-35-27-50(46(60)52-26-16-19-34(52)43(57)51-33(29-54)21-23-37(56)64-47(3,4)5)40(44(58)62-35)53(67-41(50)39(38)66-49)28-32-18-13-12-17-31(32)20-22-36(55)63-42-45(59)61-30-48(42,6)7/h12-13,17-18,20,22,33-35,38-42,54H,8-11,14-16,19,21,23-30H2,1-7H3,(H,51,57). The highest BCUT2D eigenvalue weighted by atomic mass is 16.8. The van der Waals surface area contributed by atoms with E-state index in [0.29, 0.717) is 36.8 Å². The fourth-order valence-corrected chi connectivity index (χ4v) is 10.7. The Morgan fingerprint density at radius 1 is 0.985 bits per heavy atom. The van der Waals surface area contributed by atoms with Gasteiger partial charge in [0.2, 0.25) is 17.9 Å². The summed E-state index contributed by atoms with van der Waals surface area (Å²) in [6.07, 6.45) is 6.32. The van der Waals surface area contributed by atoms with Gasteiger partial charge in [-0.15, -0.1) is 0 Å². The highest BCUT2D eigenvalue weighted by Gasteiger charge is 2.77. The summed E-state index contributed by atoms with van der Waals surface area (Å²) in [6.45, 7) is 13.1. The summed E-state index contributed by atoms with van der Waals surface area (Å²) in [5.74, 6) is -4.34. The third-order valence-electron chi connectivity index (χ3n) is 14.0. The van der Waals surface area contributed by atoms with Crippen LogP contribution in [0.15, 0.2) is 30.3 Å². The van der Waals surface area contributed by atoms with Crippen LogP contribution in [-0.4, -0.2) is 131 Å². The number of rotatable bonds is 20. The lowest BCUT2D eigenvalue weighted by molar-refractivity contribution is -0.225. The lowest BCUT2D eigenvalue weighted by atomic mass is 9.62. The van der Waals surface area contributed by atoms with Crippen molar-refractivity contribution in [2.24, 2.45) is 10.8 Å². The Labute approximate surface area is 393 Å². The summed E-state index contributed by atoms with van der Waals surface area (Å²) in [5.41, 5.74) is -1.69. The second-order valence-electron chi connectivity index (χ2n) is 20.8. The number of hydrogen-bond donors (Lipinski definition) is 2. The van der Waals surface area contributed by atoms with Gasteiger partial charge in [-0.3, -0.25) is 24.0 Å². The molecule has 9 atom stereocenters. The molecule has 2 N–H and O–H groups in total. The van der Waals surface area contributed by atoms with E-state index in [2.05, 4.69) is 19.2 Å². The zero-order valence-electron chi connectivity index (χ0n) is 40.3. The zero-order chi connectivity index (χ0) is 48.3. The minimum atomic E-state index is -1.55. The van der Waals surface area contributed by atoms with Crippen LogP contribution in [0.5, 0.6) is 0 Å². The number of aliphatic hydroxyl groups excluding tert-OH is 1. The van der Waals surface area contributed by atoms with Gasteiger partial charge in [-0.25, -0.2) is 9.59 Å². The van der Waals surface area contributed by atoms with Crippen LogP contribution in [0.25, 0.3) is 6.08 Å². The quantitative estimate of drug-likeness (QED) is 0.0744. The van der Waals surface area contributed by atoms with Crippen LogP contribution in [0.2, 0.25) is 0 Å². The van der Waals surface area contributed by atoms with Crippen molar-refractivity contribution < 1.29 is 67.1 Å². The van der Waals surface area contributed by atoms with Crippen LogP contribution in [0.4, 0.5) is 0 Å². The molecule has 5 aliphatic heterocycles. The maximum atomic E-state index is 15.7. The van der Waals surface area contributed by atoms with Crippen molar-refractivity contribution in [3.63, 3.8) is 0 Å². The Balaban J connectivity index is 1.19. The number of amides is 2. The van der Waals surface area contributed by atoms with Crippen molar-refractivity contribution in [3.8, 4) is 0 Å². The molecule has 2 amide bonds. The van der Waals surface area contributed by atoms with Crippen LogP contribution in [0.1, 0.15) is 143 Å². The Morgan fingerprint density at radius 2 is 1.69 bits per heavy atom. The number of hydrogen-bond acceptors (Lipinski definition) is 15. The molecule has 1 aromatic carbocycles. The van der Waals surface area contributed by atoms with Crippen LogP contribution < -0.4 is 5.32 Å². The average Bonchev–Trinajstić information content (AvgIpc) is 4.05. The summed E-state index contributed by atoms with van der Waals surface area (Å²) in [6, 6.07) is 4.28. The van der Waals surface area contributed by atoms with Gasteiger partial charge in [0.1, 0.15) is 48.1 Å². The molecule has 6 fully saturated rings. The number of esters is 4. The minimum absolute atomic E-state index is 0.0103. The van der Waals surface area contributed by atoms with E-state index >= 15 is 4.79 Å². The molecule has 1 aromatic rings. The zero-order valence-corrected chi connectivity index (χ0v) is 40.3. The maximum Gasteiger partial charge on any atom is 0.348 e. The van der Waals surface area contributed by atoms with Gasteiger partial charge >= 0.3 is 23.9 Å². The molecule has 5 heterocycles. The van der Waals surface area contributed by atoms with E-state index in [-0.39, 0.29) is 39.0 Å². The van der Waals surface area contributed by atoms with Crippen LogP contribution in [0, 0.1) is 10.8 Å². The minimum Gasteiger partial charge on any atom is -0.462 e. The van der Waals surface area contributed by atoms with Crippen molar-refractivity contribution in [1.29, 1.82) is 0 Å². The number of benzene rings is 1. The van der Waals surface area contributed by atoms with Crippen molar-refractivity contribution in [3.05, 3.63) is 41.5 Å². The van der Waals surface area contributed by atoms with Gasteiger partial charge in [-0.1, -0.05) is 77.6 Å². The Morgan fingerprint density at radius 3 is 2.34 bits per heavy atom. The highest BCUT2D eigenvalue weighted by molar-refractivity contribution is 5.97. The molecule has 1 saturated carbocycles. The fraction of sp³-hybridized carbons (Fsp3) is 0.720. The number of ether oxygens (including phenoxy) is 6. The summed E-state index contributed by atoms with van der Waals surface area (Å²) >= 11 is 0. The lowest BCUT2D eigenvalue weighted by Gasteiger charge is -2.50. The predicted molar refractivity (Wildman–Crippen MR) is 241 cm³/mol. The van der Waals surface area contributed by atoms with Crippen molar-refractivity contribution >= 4 is 41.8 Å². The number of aliphatic hydroxyl groups is 1. The number of carbonyl (C=O) groups is 6. The molecule has 67 heavy (non-hydrogen) atoms. The van der Waals surface area contributed by atoms with E-state index in [1.54, 1.807) is 52.8 Å². The first-order chi connectivity index (χ1) is 31.8. The van der Waals surface area contributed by atoms with Gasteiger partial charge in [0, 0.05) is 43.7 Å². The molecule has 0 aromatic heterocycles. The predicted octanol–water partition coefficient (Wildman–Crippen LogP) is 5.23. The summed E-state index contributed by atoms with van der Waals surface area (Å²) in [5, 5.41) is 14.6. The van der Waals surface area contributed by atoms with E-state index in [9.17, 15) is 29.1 Å². The monoisotopic (exact) mass is 937 g/mol. The number of likely N-dealkylation sites (tertiary alicyclic amines) is 1. The summed E-state index contributed by atoms with van der Waals surface area (Å²) < 4.78 is 36.4. The van der Waals surface area contributed by atoms with Crippen molar-refractivity contribution in [2.45, 2.75) is 199 Å². The number of nitrogens with zero attached hydrogens (tertiary/aromatic N) is 2. The summed E-state index contributed by atoms with van der Waals surface area (Å²) in [7, 11) is 0. The first-order valence-electron chi connectivity index (χ1n) is 24.4. The fourth-order valence-electron chi connectivity index (χ4n) is 10.7. The maximum absolute atomic E-state index is 15.7. The molecule has 17 nitrogen and oxygen atoms in total. The molecule has 370 valence electrons. The highest BCUT2D eigenvalue weighted by Crippen LogP contribution is 2.59. The molecular formula is C50H71N3O14. The number of fused-ring (bicyclic) bond motifs is 4. The largest absolute Gasteiger partial charge is 0.462 e. The first kappa shape index (κ1) is 50.5. The second-order valence-corrected chi connectivity index (χ2v) is 20.8. The van der Waals surface area contributed by atoms with E-state index in [1.807, 2.05) is 12.1 Å². The van der Waals surface area contributed by atoms with E-state index in [4.69, 9.17) is 33.3 Å². The number of hydroxylamine groups is 2. The van der Waals surface area contributed by atoms with Crippen molar-refractivity contribution in [2.75, 3.05) is 19.8 Å². The Bertz CT molecular complexity index is 2020. The van der Waals surface area contributed by atoms with E-state index in [0.717, 1.165) is 38.5 Å². The van der Waals surface area contributed by atoms with Crippen LogP contribution >= 0.6 is 0 Å². The van der Waals surface area contributed by atoms with Gasteiger partial charge in [0.25, 0.3) is 0 Å². The van der Waals surface area contributed by atoms with E-state index < -0.39 is 113 Å². The normalized spacial score (nSPS) is 29.9.